The Bertz CT molecular complexity index is 1080. The minimum absolute atomic E-state index is 0. The fourth-order valence-electron chi connectivity index (χ4n) is 3.66. The summed E-state index contributed by atoms with van der Waals surface area (Å²) in [6, 6.07) is 13.5. The van der Waals surface area contributed by atoms with Crippen LogP contribution in [0.2, 0.25) is 14.3 Å². The van der Waals surface area contributed by atoms with Gasteiger partial charge in [0.2, 0.25) is 0 Å². The first-order valence-corrected chi connectivity index (χ1v) is 19.5. The van der Waals surface area contributed by atoms with Crippen molar-refractivity contribution in [3.8, 4) is 21.7 Å². The number of halogens is 1. The van der Waals surface area contributed by atoms with Crippen LogP contribution in [0.1, 0.15) is 15.9 Å². The Morgan fingerprint density at radius 3 is 2.69 bits per heavy atom. The molecule has 7 heteroatoms. The summed E-state index contributed by atoms with van der Waals surface area (Å²) in [6.07, 6.45) is 0.826. The van der Waals surface area contributed by atoms with Crippen LogP contribution in [0, 0.1) is 0 Å². The number of fused-ring (bicyclic) bond motifs is 3. The van der Waals surface area contributed by atoms with Gasteiger partial charge in [-0.3, -0.25) is 0 Å². The van der Waals surface area contributed by atoms with E-state index in [0.29, 0.717) is 17.7 Å². The molecular formula is C22H25ClN2O2SSn. The molecule has 0 fully saturated rings. The van der Waals surface area contributed by atoms with Crippen LogP contribution in [0.15, 0.2) is 52.6 Å². The maximum absolute atomic E-state index is 13.3. The van der Waals surface area contributed by atoms with Gasteiger partial charge in [0.15, 0.2) is 0 Å². The van der Waals surface area contributed by atoms with Gasteiger partial charge < -0.3 is 0 Å². The number of aromatic nitrogens is 1. The van der Waals surface area contributed by atoms with E-state index in [-0.39, 0.29) is 23.9 Å². The Kier molecular flexibility index (Phi) is 7.24. The van der Waals surface area contributed by atoms with Gasteiger partial charge in [0.1, 0.15) is 0 Å². The maximum atomic E-state index is 13.3. The summed E-state index contributed by atoms with van der Waals surface area (Å²) in [7, 11) is 0. The molecule has 0 aliphatic carbocycles. The van der Waals surface area contributed by atoms with Crippen molar-refractivity contribution in [1.29, 1.82) is 0 Å². The molecule has 152 valence electrons. The average Bonchev–Trinajstić information content (AvgIpc) is 3.17. The van der Waals surface area contributed by atoms with Crippen LogP contribution in [0.5, 0.6) is 0 Å². The summed E-state index contributed by atoms with van der Waals surface area (Å²) < 4.78 is 2.94. The van der Waals surface area contributed by atoms with E-state index >= 15 is 0 Å². The number of aryl methyl sites for hydroxylation is 1. The first-order chi connectivity index (χ1) is 13.6. The van der Waals surface area contributed by atoms with Gasteiger partial charge in [0.25, 0.3) is 0 Å². The first-order valence-electron chi connectivity index (χ1n) is 9.74. The number of carbonyl (C=O) groups is 1. The van der Waals surface area contributed by atoms with Crippen LogP contribution in [0.4, 0.5) is 0 Å². The van der Waals surface area contributed by atoms with Crippen molar-refractivity contribution in [3.63, 3.8) is 0 Å². The molecule has 0 unspecified atom stereocenters. The Hall–Kier alpha value is -1.57. The summed E-state index contributed by atoms with van der Waals surface area (Å²) in [5, 5.41) is 5.15. The molecule has 4 nitrogen and oxygen atoms in total. The number of carbonyl (C=O) groups excluding carboxylic acids is 1. The van der Waals surface area contributed by atoms with Crippen LogP contribution >= 0.6 is 23.7 Å². The van der Waals surface area contributed by atoms with Crippen molar-refractivity contribution in [2.75, 3.05) is 6.54 Å². The topological polar surface area (TPSA) is 51.1 Å². The number of rotatable bonds is 5. The average molecular weight is 536 g/mol. The number of thiophene rings is 1. The van der Waals surface area contributed by atoms with Gasteiger partial charge in [-0.15, -0.1) is 12.4 Å². The molecule has 1 N–H and O–H groups in total. The molecule has 0 saturated carbocycles. The van der Waals surface area contributed by atoms with Crippen LogP contribution < -0.4 is 10.9 Å². The number of pyridine rings is 1. The van der Waals surface area contributed by atoms with Gasteiger partial charge in [-0.25, -0.2) is 0 Å². The molecule has 0 spiro atoms. The van der Waals surface area contributed by atoms with Crippen molar-refractivity contribution in [3.05, 3.63) is 69.3 Å². The Balaban J connectivity index is 0.00000240. The van der Waals surface area contributed by atoms with Gasteiger partial charge in [-0.05, 0) is 0 Å². The summed E-state index contributed by atoms with van der Waals surface area (Å²) >= 11 is 0.242. The standard InChI is InChI=1S/C20H17N2O2S.2CH3.ClH.Sn.H/c1-2-21-19(23)16-12-15(13-6-4-3-5-7-13)20(24)22-10-8-14-9-11-25-18(14)17(16)22;;;;;/h3-7,9,11-12H,1-2,8,10H2,(H,21,23);2*1H3;1H;;. The van der Waals surface area contributed by atoms with E-state index in [1.807, 2.05) is 35.7 Å². The number of hydrogen-bond acceptors (Lipinski definition) is 3. The molecule has 0 atom stereocenters. The molecule has 1 amide bonds. The van der Waals surface area contributed by atoms with Gasteiger partial charge in [-0.2, -0.15) is 0 Å². The van der Waals surface area contributed by atoms with Crippen molar-refractivity contribution >= 4 is 49.4 Å². The third-order valence-corrected chi connectivity index (χ3v) is 10.3. The molecule has 1 aliphatic heterocycles. The van der Waals surface area contributed by atoms with E-state index in [2.05, 4.69) is 21.3 Å². The molecule has 4 rings (SSSR count). The van der Waals surface area contributed by atoms with Gasteiger partial charge in [-0.1, -0.05) is 0 Å². The van der Waals surface area contributed by atoms with Gasteiger partial charge in [0, 0.05) is 0 Å². The molecule has 1 aliphatic rings. The second-order valence-corrected chi connectivity index (χ2v) is 18.1. The molecule has 0 bridgehead atoms. The minimum atomic E-state index is -1.37. The van der Waals surface area contributed by atoms with E-state index in [1.54, 1.807) is 22.0 Å². The molecular weight excluding hydrogens is 510 g/mol. The molecule has 0 radical (unpaired) electrons. The second kappa shape index (κ2) is 9.49. The van der Waals surface area contributed by atoms with Gasteiger partial charge >= 0.3 is 177 Å². The zero-order valence-corrected chi connectivity index (χ0v) is 21.5. The van der Waals surface area contributed by atoms with E-state index in [9.17, 15) is 9.59 Å². The molecule has 0 saturated heterocycles. The number of hydrogen-bond donors (Lipinski definition) is 1. The van der Waals surface area contributed by atoms with Crippen LogP contribution in [0.3, 0.4) is 0 Å². The van der Waals surface area contributed by atoms with E-state index in [0.717, 1.165) is 33.5 Å². The number of nitrogens with one attached hydrogen (secondary N) is 1. The predicted molar refractivity (Wildman–Crippen MR) is 126 cm³/mol. The SMILES string of the molecule is Cl.[CH3][SnH]([CH3])[CH2]CNC(=O)c1cc(-c2ccccc2)c(=O)n2c1-c1sccc1CC2. The molecule has 29 heavy (non-hydrogen) atoms. The Labute approximate surface area is 188 Å². The third-order valence-electron chi connectivity index (χ3n) is 5.19. The van der Waals surface area contributed by atoms with Crippen LogP contribution in [0.25, 0.3) is 21.7 Å². The number of nitrogens with zero attached hydrogens (tertiary/aromatic N) is 1. The van der Waals surface area contributed by atoms with Gasteiger partial charge in [0.05, 0.1) is 0 Å². The predicted octanol–water partition coefficient (Wildman–Crippen LogP) is 4.44. The van der Waals surface area contributed by atoms with Crippen molar-refractivity contribution in [1.82, 2.24) is 9.88 Å². The van der Waals surface area contributed by atoms with Crippen LogP contribution in [-0.2, 0) is 13.0 Å². The third kappa shape index (κ3) is 4.47. The van der Waals surface area contributed by atoms with Crippen molar-refractivity contribution < 1.29 is 4.79 Å². The normalized spacial score (nSPS) is 12.1. The zero-order valence-electron chi connectivity index (χ0n) is 16.6. The monoisotopic (exact) mass is 536 g/mol. The first kappa shape index (κ1) is 22.1. The Morgan fingerprint density at radius 2 is 1.97 bits per heavy atom. The molecule has 1 aromatic carbocycles. The Morgan fingerprint density at radius 1 is 1.21 bits per heavy atom. The van der Waals surface area contributed by atoms with Crippen molar-refractivity contribution in [2.24, 2.45) is 0 Å². The number of amides is 1. The summed E-state index contributed by atoms with van der Waals surface area (Å²) in [5.74, 6) is -0.0749. The fraction of sp³-hybridized carbons (Fsp3) is 0.273. The van der Waals surface area contributed by atoms with E-state index in [1.165, 1.54) is 5.56 Å². The van der Waals surface area contributed by atoms with E-state index < -0.39 is 19.8 Å². The van der Waals surface area contributed by atoms with Crippen molar-refractivity contribution in [2.45, 2.75) is 27.3 Å². The second-order valence-electron chi connectivity index (χ2n) is 7.61. The quantitative estimate of drug-likeness (QED) is 0.492. The summed E-state index contributed by atoms with van der Waals surface area (Å²) in [5.41, 5.74) is 4.05. The summed E-state index contributed by atoms with van der Waals surface area (Å²) in [4.78, 5) is 32.1. The molecule has 2 aromatic heterocycles. The zero-order chi connectivity index (χ0) is 19.7. The fourth-order valence-corrected chi connectivity index (χ4v) is 6.75. The number of benzene rings is 1. The van der Waals surface area contributed by atoms with Crippen LogP contribution in [-0.4, -0.2) is 36.8 Å². The summed E-state index contributed by atoms with van der Waals surface area (Å²) in [6.45, 7) is 1.34. The molecule has 3 heterocycles. The molecule has 3 aromatic rings. The van der Waals surface area contributed by atoms with E-state index in [4.69, 9.17) is 0 Å².